The molecule has 2 aromatic carbocycles. The molecule has 0 aliphatic carbocycles. The number of carbonyl (C=O) groups is 1. The highest BCUT2D eigenvalue weighted by Gasteiger charge is 2.08. The van der Waals surface area contributed by atoms with E-state index in [1.165, 1.54) is 0 Å². The molecule has 17 heavy (non-hydrogen) atoms. The van der Waals surface area contributed by atoms with Crippen LogP contribution in [0, 0.1) is 0 Å². The van der Waals surface area contributed by atoms with Gasteiger partial charge in [0.25, 0.3) is 0 Å². The Morgan fingerprint density at radius 3 is 2.35 bits per heavy atom. The van der Waals surface area contributed by atoms with Gasteiger partial charge in [0, 0.05) is 21.5 Å². The van der Waals surface area contributed by atoms with Crippen LogP contribution < -0.4 is 0 Å². The molecule has 1 nitrogen and oxygen atoms in total. The largest absolute Gasteiger partial charge is 0.289 e. The zero-order chi connectivity index (χ0) is 12.3. The third kappa shape index (κ3) is 2.96. The summed E-state index contributed by atoms with van der Waals surface area (Å²) in [7, 11) is 0. The molecule has 0 aromatic heterocycles. The second-order valence-electron chi connectivity index (χ2n) is 3.67. The van der Waals surface area contributed by atoms with Crippen molar-refractivity contribution in [1.82, 2.24) is 0 Å². The molecule has 3 heteroatoms. The lowest BCUT2D eigenvalue weighted by molar-refractivity contribution is 0.103. The van der Waals surface area contributed by atoms with Gasteiger partial charge in [-0.1, -0.05) is 63.9 Å². The van der Waals surface area contributed by atoms with Gasteiger partial charge in [0.1, 0.15) is 0 Å². The van der Waals surface area contributed by atoms with Crippen LogP contribution in [0.5, 0.6) is 0 Å². The molecule has 86 valence electrons. The van der Waals surface area contributed by atoms with E-state index < -0.39 is 0 Å². The van der Waals surface area contributed by atoms with Crippen molar-refractivity contribution in [2.75, 3.05) is 0 Å². The first-order chi connectivity index (χ1) is 8.20. The Bertz CT molecular complexity index is 534. The van der Waals surface area contributed by atoms with Gasteiger partial charge in [0.2, 0.25) is 0 Å². The van der Waals surface area contributed by atoms with Gasteiger partial charge in [-0.15, -0.1) is 0 Å². The average molecular weight is 310 g/mol. The smallest absolute Gasteiger partial charge is 0.193 e. The lowest BCUT2D eigenvalue weighted by Gasteiger charge is -2.02. The van der Waals surface area contributed by atoms with Gasteiger partial charge in [-0.05, 0) is 17.7 Å². The third-order valence-corrected chi connectivity index (χ3v) is 3.34. The molecule has 0 amide bonds. The summed E-state index contributed by atoms with van der Waals surface area (Å²) >= 11 is 9.24. The molecule has 0 bridgehead atoms. The highest BCUT2D eigenvalue weighted by molar-refractivity contribution is 9.08. The van der Waals surface area contributed by atoms with Gasteiger partial charge in [-0.25, -0.2) is 0 Å². The van der Waals surface area contributed by atoms with Crippen molar-refractivity contribution in [2.24, 2.45) is 0 Å². The summed E-state index contributed by atoms with van der Waals surface area (Å²) in [6.45, 7) is 0. The summed E-state index contributed by atoms with van der Waals surface area (Å²) in [6.07, 6.45) is 0. The van der Waals surface area contributed by atoms with E-state index in [4.69, 9.17) is 11.6 Å². The molecule has 0 unspecified atom stereocenters. The van der Waals surface area contributed by atoms with Crippen LogP contribution in [-0.2, 0) is 5.33 Å². The number of halogens is 2. The second kappa shape index (κ2) is 5.48. The summed E-state index contributed by atoms with van der Waals surface area (Å²) in [5.74, 6) is -0.00591. The summed E-state index contributed by atoms with van der Waals surface area (Å²) < 4.78 is 0. The quantitative estimate of drug-likeness (QED) is 0.604. The van der Waals surface area contributed by atoms with Gasteiger partial charge in [-0.2, -0.15) is 0 Å². The van der Waals surface area contributed by atoms with E-state index >= 15 is 0 Å². The number of carbonyl (C=O) groups excluding carboxylic acids is 1. The molecular weight excluding hydrogens is 300 g/mol. The van der Waals surface area contributed by atoms with Crippen molar-refractivity contribution < 1.29 is 4.79 Å². The molecular formula is C14H10BrClO. The van der Waals surface area contributed by atoms with Gasteiger partial charge in [0.05, 0.1) is 0 Å². The fourth-order valence-electron chi connectivity index (χ4n) is 1.54. The zero-order valence-electron chi connectivity index (χ0n) is 8.99. The lowest BCUT2D eigenvalue weighted by Crippen LogP contribution is -2.00. The summed E-state index contributed by atoms with van der Waals surface area (Å²) in [6, 6.07) is 14.5. The predicted molar refractivity (Wildman–Crippen MR) is 74.0 cm³/mol. The second-order valence-corrected chi connectivity index (χ2v) is 4.67. The molecule has 0 aliphatic rings. The molecule has 0 aliphatic heterocycles. The standard InChI is InChI=1S/C14H10BrClO/c15-9-10-4-6-11(7-5-10)14(17)12-2-1-3-13(16)8-12/h1-8H,9H2. The van der Waals surface area contributed by atoms with Crippen molar-refractivity contribution >= 4 is 33.3 Å². The van der Waals surface area contributed by atoms with Crippen molar-refractivity contribution in [3.8, 4) is 0 Å². The predicted octanol–water partition coefficient (Wildman–Crippen LogP) is 4.47. The average Bonchev–Trinajstić information content (AvgIpc) is 2.38. The molecule has 0 saturated carbocycles. The molecule has 0 radical (unpaired) electrons. The zero-order valence-corrected chi connectivity index (χ0v) is 11.3. The highest BCUT2D eigenvalue weighted by Crippen LogP contribution is 2.16. The van der Waals surface area contributed by atoms with Crippen molar-refractivity contribution in [1.29, 1.82) is 0 Å². The minimum absolute atomic E-state index is 0.00591. The molecule has 0 heterocycles. The first-order valence-electron chi connectivity index (χ1n) is 5.16. The van der Waals surface area contributed by atoms with Crippen molar-refractivity contribution in [2.45, 2.75) is 5.33 Å². The van der Waals surface area contributed by atoms with E-state index in [9.17, 15) is 4.79 Å². The van der Waals surface area contributed by atoms with Crippen molar-refractivity contribution in [3.05, 3.63) is 70.2 Å². The van der Waals surface area contributed by atoms with E-state index in [0.29, 0.717) is 16.1 Å². The molecule has 0 saturated heterocycles. The number of ketones is 1. The third-order valence-electron chi connectivity index (χ3n) is 2.46. The van der Waals surface area contributed by atoms with Crippen LogP contribution in [0.1, 0.15) is 21.5 Å². The fourth-order valence-corrected chi connectivity index (χ4v) is 2.11. The highest BCUT2D eigenvalue weighted by atomic mass is 79.9. The number of hydrogen-bond donors (Lipinski definition) is 0. The topological polar surface area (TPSA) is 17.1 Å². The minimum Gasteiger partial charge on any atom is -0.289 e. The maximum Gasteiger partial charge on any atom is 0.193 e. The normalized spacial score (nSPS) is 10.2. The molecule has 2 rings (SSSR count). The summed E-state index contributed by atoms with van der Waals surface area (Å²) in [4.78, 5) is 12.1. The monoisotopic (exact) mass is 308 g/mol. The van der Waals surface area contributed by atoms with Crippen LogP contribution in [0.25, 0.3) is 0 Å². The summed E-state index contributed by atoms with van der Waals surface area (Å²) in [5.41, 5.74) is 2.44. The van der Waals surface area contributed by atoms with Gasteiger partial charge in [-0.3, -0.25) is 4.79 Å². The Morgan fingerprint density at radius 1 is 1.06 bits per heavy atom. The Kier molecular flexibility index (Phi) is 3.97. The van der Waals surface area contributed by atoms with Crippen LogP contribution in [0.2, 0.25) is 5.02 Å². The number of benzene rings is 2. The SMILES string of the molecule is O=C(c1ccc(CBr)cc1)c1cccc(Cl)c1. The maximum absolute atomic E-state index is 12.1. The van der Waals surface area contributed by atoms with Gasteiger partial charge in [0.15, 0.2) is 5.78 Å². The first-order valence-corrected chi connectivity index (χ1v) is 6.66. The molecule has 0 N–H and O–H groups in total. The van der Waals surface area contributed by atoms with Crippen LogP contribution in [-0.4, -0.2) is 5.78 Å². The van der Waals surface area contributed by atoms with E-state index in [1.54, 1.807) is 24.3 Å². The Morgan fingerprint density at radius 2 is 1.76 bits per heavy atom. The Balaban J connectivity index is 2.30. The van der Waals surface area contributed by atoms with E-state index in [0.717, 1.165) is 10.9 Å². The molecule has 2 aromatic rings. The van der Waals surface area contributed by atoms with E-state index in [1.807, 2.05) is 24.3 Å². The van der Waals surface area contributed by atoms with E-state index in [2.05, 4.69) is 15.9 Å². The first kappa shape index (κ1) is 12.3. The molecule has 0 atom stereocenters. The number of rotatable bonds is 3. The van der Waals surface area contributed by atoms with E-state index in [-0.39, 0.29) is 5.78 Å². The Hall–Kier alpha value is -1.12. The van der Waals surface area contributed by atoms with Crippen molar-refractivity contribution in [3.63, 3.8) is 0 Å². The van der Waals surface area contributed by atoms with Crippen LogP contribution in [0.4, 0.5) is 0 Å². The fraction of sp³-hybridized carbons (Fsp3) is 0.0714. The number of hydrogen-bond acceptors (Lipinski definition) is 1. The van der Waals surface area contributed by atoms with Gasteiger partial charge >= 0.3 is 0 Å². The summed E-state index contributed by atoms with van der Waals surface area (Å²) in [5, 5.41) is 1.37. The molecule has 0 spiro atoms. The van der Waals surface area contributed by atoms with Crippen LogP contribution in [0.15, 0.2) is 48.5 Å². The minimum atomic E-state index is -0.00591. The Labute approximate surface area is 114 Å². The van der Waals surface area contributed by atoms with Gasteiger partial charge < -0.3 is 0 Å². The number of alkyl halides is 1. The maximum atomic E-state index is 12.1. The van der Waals surface area contributed by atoms with Crippen LogP contribution in [0.3, 0.4) is 0 Å². The molecule has 0 fully saturated rings. The lowest BCUT2D eigenvalue weighted by atomic mass is 10.0. The van der Waals surface area contributed by atoms with Crippen LogP contribution >= 0.6 is 27.5 Å².